The number of benzene rings is 1. The number of rotatable bonds is 6. The molecule has 0 fully saturated rings. The van der Waals surface area contributed by atoms with Crippen molar-refractivity contribution in [1.82, 2.24) is 5.32 Å². The van der Waals surface area contributed by atoms with Gasteiger partial charge in [-0.2, -0.15) is 0 Å². The van der Waals surface area contributed by atoms with Crippen molar-refractivity contribution < 1.29 is 14.3 Å². The molecule has 3 nitrogen and oxygen atoms in total. The summed E-state index contributed by atoms with van der Waals surface area (Å²) in [5, 5.41) is 12.1. The van der Waals surface area contributed by atoms with Crippen molar-refractivity contribution in [3.8, 4) is 0 Å². The van der Waals surface area contributed by atoms with E-state index in [0.29, 0.717) is 6.54 Å². The summed E-state index contributed by atoms with van der Waals surface area (Å²) in [6.45, 7) is 6.84. The zero-order valence-corrected chi connectivity index (χ0v) is 11.1. The Morgan fingerprint density at radius 1 is 1.44 bits per heavy atom. The predicted molar refractivity (Wildman–Crippen MR) is 69.2 cm³/mol. The number of carboxylic acid groups (broad SMARTS) is 1. The highest BCUT2D eigenvalue weighted by molar-refractivity contribution is 5.87. The van der Waals surface area contributed by atoms with Gasteiger partial charge in [0.2, 0.25) is 0 Å². The molecule has 0 atom stereocenters. The molecule has 0 aliphatic carbocycles. The predicted octanol–water partition coefficient (Wildman–Crippen LogP) is 3.19. The van der Waals surface area contributed by atoms with Crippen LogP contribution in [0.4, 0.5) is 4.39 Å². The third kappa shape index (κ3) is 4.11. The Balaban J connectivity index is 2.70. The molecule has 0 aliphatic rings. The normalized spacial score (nSPS) is 11.6. The van der Waals surface area contributed by atoms with Crippen LogP contribution in [0.3, 0.4) is 0 Å². The summed E-state index contributed by atoms with van der Waals surface area (Å²) in [6.07, 6.45) is 2.11. The summed E-state index contributed by atoms with van der Waals surface area (Å²) < 4.78 is 13.5. The molecule has 2 N–H and O–H groups in total. The fraction of sp³-hybridized carbons (Fsp3) is 0.500. The van der Waals surface area contributed by atoms with Gasteiger partial charge in [0, 0.05) is 12.1 Å². The molecule has 0 spiro atoms. The van der Waals surface area contributed by atoms with E-state index in [9.17, 15) is 9.18 Å². The topological polar surface area (TPSA) is 49.3 Å². The maximum Gasteiger partial charge on any atom is 0.338 e. The minimum atomic E-state index is -1.24. The Kier molecular flexibility index (Phi) is 4.84. The minimum absolute atomic E-state index is 0.00328. The molecule has 4 heteroatoms. The number of carboxylic acids is 1. The number of aromatic carboxylic acids is 1. The second-order valence-corrected chi connectivity index (χ2v) is 5.11. The van der Waals surface area contributed by atoms with Gasteiger partial charge in [0.05, 0.1) is 5.56 Å². The van der Waals surface area contributed by atoms with Crippen molar-refractivity contribution in [3.63, 3.8) is 0 Å². The molecule has 0 amide bonds. The van der Waals surface area contributed by atoms with Crippen molar-refractivity contribution in [3.05, 3.63) is 35.1 Å². The first-order chi connectivity index (χ1) is 8.35. The Morgan fingerprint density at radius 2 is 2.11 bits per heavy atom. The van der Waals surface area contributed by atoms with Crippen LogP contribution in [-0.4, -0.2) is 16.6 Å². The Labute approximate surface area is 107 Å². The van der Waals surface area contributed by atoms with Crippen molar-refractivity contribution in [2.24, 2.45) is 0 Å². The highest BCUT2D eigenvalue weighted by Crippen LogP contribution is 2.14. The second kappa shape index (κ2) is 5.96. The fourth-order valence-corrected chi connectivity index (χ4v) is 1.90. The Hall–Kier alpha value is -1.42. The molecule has 1 aromatic rings. The van der Waals surface area contributed by atoms with Crippen LogP contribution >= 0.6 is 0 Å². The van der Waals surface area contributed by atoms with Gasteiger partial charge < -0.3 is 10.4 Å². The first-order valence-corrected chi connectivity index (χ1v) is 6.12. The first-order valence-electron chi connectivity index (χ1n) is 6.12. The van der Waals surface area contributed by atoms with Crippen LogP contribution in [-0.2, 0) is 6.54 Å². The average molecular weight is 253 g/mol. The van der Waals surface area contributed by atoms with Crippen LogP contribution in [0.25, 0.3) is 0 Å². The van der Waals surface area contributed by atoms with Crippen molar-refractivity contribution in [2.45, 2.75) is 45.7 Å². The maximum absolute atomic E-state index is 13.5. The van der Waals surface area contributed by atoms with E-state index >= 15 is 0 Å². The summed E-state index contributed by atoms with van der Waals surface area (Å²) in [4.78, 5) is 10.7. The van der Waals surface area contributed by atoms with E-state index in [0.717, 1.165) is 18.4 Å². The van der Waals surface area contributed by atoms with E-state index in [2.05, 4.69) is 26.1 Å². The van der Waals surface area contributed by atoms with Crippen molar-refractivity contribution >= 4 is 5.97 Å². The number of carbonyl (C=O) groups is 1. The molecule has 1 rings (SSSR count). The molecule has 0 radical (unpaired) electrons. The van der Waals surface area contributed by atoms with Gasteiger partial charge in [-0.15, -0.1) is 0 Å². The summed E-state index contributed by atoms with van der Waals surface area (Å²) in [5.41, 5.74) is 0.463. The molecule has 1 aromatic carbocycles. The minimum Gasteiger partial charge on any atom is -0.478 e. The summed E-state index contributed by atoms with van der Waals surface area (Å²) in [7, 11) is 0. The molecule has 18 heavy (non-hydrogen) atoms. The lowest BCUT2D eigenvalue weighted by atomic mass is 9.98. The lowest BCUT2D eigenvalue weighted by molar-refractivity contribution is 0.0692. The van der Waals surface area contributed by atoms with Gasteiger partial charge >= 0.3 is 5.97 Å². The molecule has 0 aromatic heterocycles. The second-order valence-electron chi connectivity index (χ2n) is 5.11. The standard InChI is InChI=1S/C14H20FNO2/c1-4-7-14(2,3)16-9-10-5-6-11(13(17)18)12(15)8-10/h5-6,8,16H,4,7,9H2,1-3H3,(H,17,18). The maximum atomic E-state index is 13.5. The molecule has 0 saturated heterocycles. The highest BCUT2D eigenvalue weighted by atomic mass is 19.1. The van der Waals surface area contributed by atoms with Crippen molar-refractivity contribution in [2.75, 3.05) is 0 Å². The summed E-state index contributed by atoms with van der Waals surface area (Å²) in [6, 6.07) is 4.22. The smallest absolute Gasteiger partial charge is 0.338 e. The van der Waals surface area contributed by atoms with E-state index in [1.54, 1.807) is 6.07 Å². The molecular weight excluding hydrogens is 233 g/mol. The average Bonchev–Trinajstić information content (AvgIpc) is 2.26. The quantitative estimate of drug-likeness (QED) is 0.818. The molecule has 0 aliphatic heterocycles. The SMILES string of the molecule is CCCC(C)(C)NCc1ccc(C(=O)O)c(F)c1. The molecule has 0 heterocycles. The van der Waals surface area contributed by atoms with Crippen molar-refractivity contribution in [1.29, 1.82) is 0 Å². The van der Waals surface area contributed by atoms with Gasteiger partial charge in [0.1, 0.15) is 5.82 Å². The highest BCUT2D eigenvalue weighted by Gasteiger charge is 2.16. The van der Waals surface area contributed by atoms with Crippen LogP contribution < -0.4 is 5.32 Å². The van der Waals surface area contributed by atoms with Gasteiger partial charge in [-0.05, 0) is 38.0 Å². The molecular formula is C14H20FNO2. The van der Waals surface area contributed by atoms with Gasteiger partial charge in [-0.3, -0.25) is 0 Å². The van der Waals surface area contributed by atoms with Crippen LogP contribution in [0, 0.1) is 5.82 Å². The van der Waals surface area contributed by atoms with E-state index in [4.69, 9.17) is 5.11 Å². The number of nitrogens with one attached hydrogen (secondary N) is 1. The Bertz CT molecular complexity index is 430. The van der Waals surface area contributed by atoms with E-state index in [1.165, 1.54) is 12.1 Å². The third-order valence-corrected chi connectivity index (χ3v) is 2.91. The van der Waals surface area contributed by atoms with Crippen LogP contribution in [0.15, 0.2) is 18.2 Å². The zero-order chi connectivity index (χ0) is 13.8. The van der Waals surface area contributed by atoms with Crippen LogP contribution in [0.1, 0.15) is 49.5 Å². The van der Waals surface area contributed by atoms with E-state index in [-0.39, 0.29) is 11.1 Å². The van der Waals surface area contributed by atoms with Crippen LogP contribution in [0.5, 0.6) is 0 Å². The van der Waals surface area contributed by atoms with Gasteiger partial charge in [-0.25, -0.2) is 9.18 Å². The Morgan fingerprint density at radius 3 is 2.61 bits per heavy atom. The molecule has 100 valence electrons. The molecule has 0 unspecified atom stereocenters. The number of hydrogen-bond acceptors (Lipinski definition) is 2. The van der Waals surface area contributed by atoms with Gasteiger partial charge in [-0.1, -0.05) is 19.4 Å². The fourth-order valence-electron chi connectivity index (χ4n) is 1.90. The van der Waals surface area contributed by atoms with Crippen LogP contribution in [0.2, 0.25) is 0 Å². The molecule has 0 bridgehead atoms. The molecule has 0 saturated carbocycles. The monoisotopic (exact) mass is 253 g/mol. The number of hydrogen-bond donors (Lipinski definition) is 2. The van der Waals surface area contributed by atoms with Gasteiger partial charge in [0.15, 0.2) is 0 Å². The number of halogens is 1. The third-order valence-electron chi connectivity index (χ3n) is 2.91. The van der Waals surface area contributed by atoms with E-state index < -0.39 is 11.8 Å². The van der Waals surface area contributed by atoms with Gasteiger partial charge in [0.25, 0.3) is 0 Å². The summed E-state index contributed by atoms with van der Waals surface area (Å²) in [5.74, 6) is -1.92. The first kappa shape index (κ1) is 14.6. The zero-order valence-electron chi connectivity index (χ0n) is 11.1. The van der Waals surface area contributed by atoms with E-state index in [1.807, 2.05) is 0 Å². The lowest BCUT2D eigenvalue weighted by Crippen LogP contribution is -2.38. The largest absolute Gasteiger partial charge is 0.478 e. The lowest BCUT2D eigenvalue weighted by Gasteiger charge is -2.26. The summed E-state index contributed by atoms with van der Waals surface area (Å²) >= 11 is 0.